The van der Waals surface area contributed by atoms with E-state index in [9.17, 15) is 9.50 Å². The molecule has 2 aromatic rings. The SMILES string of the molecule is COc1cc(C2Cc3nccc(C)c3C(O)C2)ccc1F. The Bertz CT molecular complexity index is 672. The summed E-state index contributed by atoms with van der Waals surface area (Å²) in [7, 11) is 1.46. The molecule has 3 rings (SSSR count). The van der Waals surface area contributed by atoms with E-state index < -0.39 is 6.10 Å². The molecule has 3 nitrogen and oxygen atoms in total. The molecule has 0 amide bonds. The van der Waals surface area contributed by atoms with Crippen molar-refractivity contribution in [3.05, 3.63) is 58.7 Å². The third kappa shape index (κ3) is 2.51. The Hall–Kier alpha value is -1.94. The van der Waals surface area contributed by atoms with Crippen LogP contribution in [0, 0.1) is 12.7 Å². The highest BCUT2D eigenvalue weighted by molar-refractivity contribution is 5.38. The topological polar surface area (TPSA) is 42.4 Å². The van der Waals surface area contributed by atoms with E-state index in [1.54, 1.807) is 18.3 Å². The number of aliphatic hydroxyl groups excluding tert-OH is 1. The van der Waals surface area contributed by atoms with Gasteiger partial charge in [0.2, 0.25) is 0 Å². The molecule has 4 heteroatoms. The van der Waals surface area contributed by atoms with Gasteiger partial charge in [0, 0.05) is 17.5 Å². The highest BCUT2D eigenvalue weighted by atomic mass is 19.1. The van der Waals surface area contributed by atoms with Gasteiger partial charge in [-0.3, -0.25) is 4.98 Å². The average Bonchev–Trinajstić information content (AvgIpc) is 2.47. The molecule has 1 aromatic carbocycles. The predicted octanol–water partition coefficient (Wildman–Crippen LogP) is 3.30. The van der Waals surface area contributed by atoms with Crippen molar-refractivity contribution in [1.29, 1.82) is 0 Å². The van der Waals surface area contributed by atoms with Crippen LogP contribution in [0.25, 0.3) is 0 Å². The van der Waals surface area contributed by atoms with Crippen LogP contribution in [0.3, 0.4) is 0 Å². The van der Waals surface area contributed by atoms with Crippen LogP contribution in [0.2, 0.25) is 0 Å². The first-order valence-electron chi connectivity index (χ1n) is 7.06. The zero-order chi connectivity index (χ0) is 15.0. The number of benzene rings is 1. The van der Waals surface area contributed by atoms with E-state index in [2.05, 4.69) is 4.98 Å². The van der Waals surface area contributed by atoms with Gasteiger partial charge in [-0.2, -0.15) is 0 Å². The molecule has 0 spiro atoms. The minimum atomic E-state index is -0.525. The number of fused-ring (bicyclic) bond motifs is 1. The van der Waals surface area contributed by atoms with Crippen LogP contribution in [0.15, 0.2) is 30.5 Å². The molecule has 2 atom stereocenters. The standard InChI is InChI=1S/C17H18FNO2/c1-10-5-6-19-14-7-12(8-15(20)17(10)14)11-3-4-13(18)16(9-11)21-2/h3-6,9,12,15,20H,7-8H2,1-2H3. The lowest BCUT2D eigenvalue weighted by atomic mass is 9.79. The average molecular weight is 287 g/mol. The Labute approximate surface area is 123 Å². The molecular formula is C17H18FNO2. The smallest absolute Gasteiger partial charge is 0.165 e. The van der Waals surface area contributed by atoms with Crippen molar-refractivity contribution < 1.29 is 14.2 Å². The number of hydrogen-bond acceptors (Lipinski definition) is 3. The zero-order valence-electron chi connectivity index (χ0n) is 12.1. The monoisotopic (exact) mass is 287 g/mol. The summed E-state index contributed by atoms with van der Waals surface area (Å²) in [6.07, 6.45) is 2.62. The fourth-order valence-electron chi connectivity index (χ4n) is 3.13. The van der Waals surface area contributed by atoms with E-state index in [4.69, 9.17) is 4.74 Å². The Morgan fingerprint density at radius 2 is 2.14 bits per heavy atom. The van der Waals surface area contributed by atoms with Crippen LogP contribution in [-0.4, -0.2) is 17.2 Å². The highest BCUT2D eigenvalue weighted by Crippen LogP contribution is 2.39. The summed E-state index contributed by atoms with van der Waals surface area (Å²) in [5.41, 5.74) is 3.92. The van der Waals surface area contributed by atoms with Gasteiger partial charge in [-0.25, -0.2) is 4.39 Å². The number of aryl methyl sites for hydroxylation is 1. The van der Waals surface area contributed by atoms with Crippen LogP contribution >= 0.6 is 0 Å². The Balaban J connectivity index is 1.96. The van der Waals surface area contributed by atoms with Gasteiger partial charge >= 0.3 is 0 Å². The second kappa shape index (κ2) is 5.45. The van der Waals surface area contributed by atoms with Gasteiger partial charge in [-0.15, -0.1) is 0 Å². The number of nitrogens with zero attached hydrogens (tertiary/aromatic N) is 1. The highest BCUT2D eigenvalue weighted by Gasteiger charge is 2.29. The first kappa shape index (κ1) is 14.0. The number of ether oxygens (including phenoxy) is 1. The number of pyridine rings is 1. The van der Waals surface area contributed by atoms with Crippen molar-refractivity contribution in [2.75, 3.05) is 7.11 Å². The lowest BCUT2D eigenvalue weighted by molar-refractivity contribution is 0.145. The first-order chi connectivity index (χ1) is 10.1. The second-order valence-corrected chi connectivity index (χ2v) is 5.53. The van der Waals surface area contributed by atoms with Crippen LogP contribution in [0.4, 0.5) is 4.39 Å². The Morgan fingerprint density at radius 3 is 2.90 bits per heavy atom. The number of aliphatic hydroxyl groups is 1. The summed E-state index contributed by atoms with van der Waals surface area (Å²) in [6.45, 7) is 1.99. The second-order valence-electron chi connectivity index (χ2n) is 5.53. The molecule has 0 saturated heterocycles. The maximum atomic E-state index is 13.5. The van der Waals surface area contributed by atoms with Gasteiger partial charge in [-0.05, 0) is 55.0 Å². The largest absolute Gasteiger partial charge is 0.494 e. The molecule has 0 fully saturated rings. The van der Waals surface area contributed by atoms with Crippen molar-refractivity contribution >= 4 is 0 Å². The summed E-state index contributed by atoms with van der Waals surface area (Å²) in [4.78, 5) is 4.40. The van der Waals surface area contributed by atoms with E-state index in [0.717, 1.165) is 28.8 Å². The van der Waals surface area contributed by atoms with E-state index >= 15 is 0 Å². The minimum Gasteiger partial charge on any atom is -0.494 e. The van der Waals surface area contributed by atoms with Crippen LogP contribution < -0.4 is 4.74 Å². The number of rotatable bonds is 2. The summed E-state index contributed by atoms with van der Waals surface area (Å²) < 4.78 is 18.6. The van der Waals surface area contributed by atoms with E-state index in [1.807, 2.05) is 13.0 Å². The molecule has 21 heavy (non-hydrogen) atoms. The maximum Gasteiger partial charge on any atom is 0.165 e. The lowest BCUT2D eigenvalue weighted by Gasteiger charge is -2.29. The normalized spacial score (nSPS) is 21.0. The van der Waals surface area contributed by atoms with Gasteiger partial charge in [-0.1, -0.05) is 6.07 Å². The molecular weight excluding hydrogens is 269 g/mol. The van der Waals surface area contributed by atoms with Crippen molar-refractivity contribution in [1.82, 2.24) is 4.98 Å². The number of halogens is 1. The summed E-state index contributed by atoms with van der Waals surface area (Å²) in [5, 5.41) is 10.4. The summed E-state index contributed by atoms with van der Waals surface area (Å²) >= 11 is 0. The Morgan fingerprint density at radius 1 is 1.33 bits per heavy atom. The number of aromatic nitrogens is 1. The molecule has 0 saturated carbocycles. The first-order valence-corrected chi connectivity index (χ1v) is 7.06. The van der Waals surface area contributed by atoms with Crippen molar-refractivity contribution in [2.24, 2.45) is 0 Å². The lowest BCUT2D eigenvalue weighted by Crippen LogP contribution is -2.19. The molecule has 0 bridgehead atoms. The quantitative estimate of drug-likeness (QED) is 0.921. The van der Waals surface area contributed by atoms with Gasteiger partial charge in [0.05, 0.1) is 13.2 Å². The van der Waals surface area contributed by atoms with Crippen molar-refractivity contribution in [3.63, 3.8) is 0 Å². The molecule has 110 valence electrons. The van der Waals surface area contributed by atoms with E-state index in [-0.39, 0.29) is 17.5 Å². The van der Waals surface area contributed by atoms with Gasteiger partial charge in [0.15, 0.2) is 11.6 Å². The van der Waals surface area contributed by atoms with Crippen LogP contribution in [0.5, 0.6) is 5.75 Å². The van der Waals surface area contributed by atoms with Crippen molar-refractivity contribution in [2.45, 2.75) is 31.8 Å². The summed E-state index contributed by atoms with van der Waals surface area (Å²) in [5.74, 6) is -0.00624. The minimum absolute atomic E-state index is 0.122. The van der Waals surface area contributed by atoms with Gasteiger partial charge in [0.1, 0.15) is 0 Å². The molecule has 1 aliphatic carbocycles. The predicted molar refractivity (Wildman–Crippen MR) is 77.9 cm³/mol. The van der Waals surface area contributed by atoms with Crippen LogP contribution in [0.1, 0.15) is 40.8 Å². The zero-order valence-corrected chi connectivity index (χ0v) is 12.1. The third-order valence-corrected chi connectivity index (χ3v) is 4.22. The maximum absolute atomic E-state index is 13.5. The number of hydrogen-bond donors (Lipinski definition) is 1. The molecule has 1 aliphatic rings. The third-order valence-electron chi connectivity index (χ3n) is 4.22. The van der Waals surface area contributed by atoms with E-state index in [1.165, 1.54) is 13.2 Å². The summed E-state index contributed by atoms with van der Waals surface area (Å²) in [6, 6.07) is 6.81. The van der Waals surface area contributed by atoms with Gasteiger partial charge < -0.3 is 9.84 Å². The van der Waals surface area contributed by atoms with Gasteiger partial charge in [0.25, 0.3) is 0 Å². The molecule has 2 unspecified atom stereocenters. The van der Waals surface area contributed by atoms with Crippen molar-refractivity contribution in [3.8, 4) is 5.75 Å². The molecule has 1 heterocycles. The molecule has 1 N–H and O–H groups in total. The fraction of sp³-hybridized carbons (Fsp3) is 0.353. The van der Waals surface area contributed by atoms with Crippen LogP contribution in [-0.2, 0) is 6.42 Å². The number of methoxy groups -OCH3 is 1. The fourth-order valence-corrected chi connectivity index (χ4v) is 3.13. The molecule has 0 radical (unpaired) electrons. The van der Waals surface area contributed by atoms with E-state index in [0.29, 0.717) is 6.42 Å². The molecule has 0 aliphatic heterocycles. The Kier molecular flexibility index (Phi) is 3.64. The molecule has 1 aromatic heterocycles.